The summed E-state index contributed by atoms with van der Waals surface area (Å²) in [5.74, 6) is 8.11. The van der Waals surface area contributed by atoms with E-state index in [0.29, 0.717) is 0 Å². The molecule has 1 aliphatic heterocycles. The first-order valence-electron chi connectivity index (χ1n) is 6.81. The van der Waals surface area contributed by atoms with E-state index in [9.17, 15) is 0 Å². The molecular formula is C13H23N5. The maximum Gasteiger partial charge on any atom is 0.148 e. The largest absolute Gasteiger partial charge is 0.356 e. The average molecular weight is 249 g/mol. The van der Waals surface area contributed by atoms with E-state index in [0.717, 1.165) is 49.0 Å². The molecule has 0 aromatic carbocycles. The zero-order valence-corrected chi connectivity index (χ0v) is 11.3. The third-order valence-electron chi connectivity index (χ3n) is 3.52. The van der Waals surface area contributed by atoms with Gasteiger partial charge < -0.3 is 10.3 Å². The minimum absolute atomic E-state index is 0.734. The van der Waals surface area contributed by atoms with Crippen molar-refractivity contribution in [3.63, 3.8) is 0 Å². The molecule has 3 N–H and O–H groups in total. The van der Waals surface area contributed by atoms with Crippen molar-refractivity contribution in [3.05, 3.63) is 11.9 Å². The highest BCUT2D eigenvalue weighted by Gasteiger charge is 2.21. The first kappa shape index (κ1) is 13.1. The van der Waals surface area contributed by atoms with Crippen LogP contribution >= 0.6 is 0 Å². The number of nitrogen functional groups attached to an aromatic ring is 1. The van der Waals surface area contributed by atoms with E-state index in [2.05, 4.69) is 34.1 Å². The fraction of sp³-hybridized carbons (Fsp3) is 0.692. The molecule has 0 spiro atoms. The zero-order chi connectivity index (χ0) is 13.0. The molecule has 1 saturated heterocycles. The summed E-state index contributed by atoms with van der Waals surface area (Å²) in [6.45, 7) is 6.63. The van der Waals surface area contributed by atoms with Crippen LogP contribution in [0.3, 0.4) is 0 Å². The number of piperidine rings is 1. The molecule has 1 aliphatic rings. The Morgan fingerprint density at radius 1 is 1.50 bits per heavy atom. The second kappa shape index (κ2) is 6.00. The van der Waals surface area contributed by atoms with E-state index in [-0.39, 0.29) is 0 Å². The average Bonchev–Trinajstić information content (AvgIpc) is 2.39. The number of hydrogen-bond donors (Lipinski definition) is 2. The molecule has 1 atom stereocenters. The Morgan fingerprint density at radius 3 is 3.00 bits per heavy atom. The highest BCUT2D eigenvalue weighted by Crippen LogP contribution is 2.28. The SMILES string of the molecule is CCCc1c(NN)ncnc1N1CCCC(C)C1. The Balaban J connectivity index is 2.30. The van der Waals surface area contributed by atoms with Crippen molar-refractivity contribution in [1.29, 1.82) is 0 Å². The maximum atomic E-state index is 5.55. The number of nitrogens with one attached hydrogen (secondary N) is 1. The molecule has 5 heteroatoms. The zero-order valence-electron chi connectivity index (χ0n) is 11.3. The van der Waals surface area contributed by atoms with E-state index in [1.807, 2.05) is 0 Å². The van der Waals surface area contributed by atoms with E-state index in [4.69, 9.17) is 5.84 Å². The van der Waals surface area contributed by atoms with Crippen LogP contribution in [0.15, 0.2) is 6.33 Å². The molecule has 0 aliphatic carbocycles. The smallest absolute Gasteiger partial charge is 0.148 e. The number of rotatable bonds is 4. The molecule has 18 heavy (non-hydrogen) atoms. The highest BCUT2D eigenvalue weighted by atomic mass is 15.3. The first-order chi connectivity index (χ1) is 8.76. The number of nitrogens with two attached hydrogens (primary N) is 1. The van der Waals surface area contributed by atoms with E-state index < -0.39 is 0 Å². The summed E-state index contributed by atoms with van der Waals surface area (Å²) in [7, 11) is 0. The summed E-state index contributed by atoms with van der Waals surface area (Å²) < 4.78 is 0. The molecule has 1 fully saturated rings. The van der Waals surface area contributed by atoms with Gasteiger partial charge in [-0.15, -0.1) is 0 Å². The van der Waals surface area contributed by atoms with Gasteiger partial charge in [-0.1, -0.05) is 20.3 Å². The van der Waals surface area contributed by atoms with Crippen LogP contribution in [-0.4, -0.2) is 23.1 Å². The van der Waals surface area contributed by atoms with Gasteiger partial charge in [-0.05, 0) is 25.2 Å². The lowest BCUT2D eigenvalue weighted by molar-refractivity contribution is 0.443. The van der Waals surface area contributed by atoms with Gasteiger partial charge in [0.05, 0.1) is 0 Å². The standard InChI is InChI=1S/C13H23N5/c1-3-5-11-12(17-14)15-9-16-13(11)18-7-4-6-10(2)8-18/h9-10H,3-8,14H2,1-2H3,(H,15,16,17). The Morgan fingerprint density at radius 2 is 2.33 bits per heavy atom. The fourth-order valence-electron chi connectivity index (χ4n) is 2.66. The van der Waals surface area contributed by atoms with Gasteiger partial charge in [-0.25, -0.2) is 15.8 Å². The summed E-state index contributed by atoms with van der Waals surface area (Å²) in [5.41, 5.74) is 3.84. The molecule has 0 saturated carbocycles. The monoisotopic (exact) mass is 249 g/mol. The Hall–Kier alpha value is -1.36. The van der Waals surface area contributed by atoms with Gasteiger partial charge in [0, 0.05) is 18.7 Å². The van der Waals surface area contributed by atoms with Gasteiger partial charge in [0.15, 0.2) is 0 Å². The third-order valence-corrected chi connectivity index (χ3v) is 3.52. The van der Waals surface area contributed by atoms with E-state index in [1.165, 1.54) is 12.8 Å². The summed E-state index contributed by atoms with van der Waals surface area (Å²) in [4.78, 5) is 11.1. The highest BCUT2D eigenvalue weighted by molar-refractivity contribution is 5.58. The van der Waals surface area contributed by atoms with Crippen molar-refractivity contribution in [2.45, 2.75) is 39.5 Å². The van der Waals surface area contributed by atoms with Crippen LogP contribution in [-0.2, 0) is 6.42 Å². The van der Waals surface area contributed by atoms with Crippen molar-refractivity contribution >= 4 is 11.6 Å². The predicted molar refractivity (Wildman–Crippen MR) is 74.4 cm³/mol. The van der Waals surface area contributed by atoms with Gasteiger partial charge in [0.2, 0.25) is 0 Å². The molecule has 5 nitrogen and oxygen atoms in total. The molecular weight excluding hydrogens is 226 g/mol. The molecule has 0 amide bonds. The van der Waals surface area contributed by atoms with Gasteiger partial charge >= 0.3 is 0 Å². The Labute approximate surface area is 109 Å². The van der Waals surface area contributed by atoms with Crippen LogP contribution in [0.4, 0.5) is 11.6 Å². The molecule has 100 valence electrons. The third kappa shape index (κ3) is 2.72. The summed E-state index contributed by atoms with van der Waals surface area (Å²) in [5, 5.41) is 0. The lowest BCUT2D eigenvalue weighted by Gasteiger charge is -2.33. The topological polar surface area (TPSA) is 67.1 Å². The van der Waals surface area contributed by atoms with Gasteiger partial charge in [-0.2, -0.15) is 0 Å². The fourth-order valence-corrected chi connectivity index (χ4v) is 2.66. The molecule has 1 unspecified atom stereocenters. The second-order valence-electron chi connectivity index (χ2n) is 5.11. The van der Waals surface area contributed by atoms with Crippen LogP contribution in [0.1, 0.15) is 38.7 Å². The van der Waals surface area contributed by atoms with Crippen molar-refractivity contribution in [2.75, 3.05) is 23.4 Å². The lowest BCUT2D eigenvalue weighted by atomic mass is 9.99. The second-order valence-corrected chi connectivity index (χ2v) is 5.11. The normalized spacial score (nSPS) is 19.9. The number of hydrogen-bond acceptors (Lipinski definition) is 5. The van der Waals surface area contributed by atoms with Gasteiger partial charge in [0.1, 0.15) is 18.0 Å². The minimum atomic E-state index is 0.734. The van der Waals surface area contributed by atoms with Crippen molar-refractivity contribution < 1.29 is 0 Å². The summed E-state index contributed by atoms with van der Waals surface area (Å²) >= 11 is 0. The predicted octanol–water partition coefficient (Wildman–Crippen LogP) is 1.95. The lowest BCUT2D eigenvalue weighted by Crippen LogP contribution is -2.35. The summed E-state index contributed by atoms with van der Waals surface area (Å²) in [6.07, 6.45) is 6.18. The Kier molecular flexibility index (Phi) is 4.36. The number of anilines is 2. The Bertz CT molecular complexity index is 393. The molecule has 2 rings (SSSR count). The molecule has 2 heterocycles. The van der Waals surface area contributed by atoms with Gasteiger partial charge in [0.25, 0.3) is 0 Å². The quantitative estimate of drug-likeness (QED) is 0.630. The number of aromatic nitrogens is 2. The van der Waals surface area contributed by atoms with Crippen molar-refractivity contribution in [1.82, 2.24) is 9.97 Å². The number of nitrogens with zero attached hydrogens (tertiary/aromatic N) is 3. The van der Waals surface area contributed by atoms with Crippen LogP contribution in [0.5, 0.6) is 0 Å². The molecule has 1 aromatic rings. The van der Waals surface area contributed by atoms with Crippen LogP contribution in [0, 0.1) is 5.92 Å². The number of hydrazine groups is 1. The van der Waals surface area contributed by atoms with E-state index in [1.54, 1.807) is 6.33 Å². The van der Waals surface area contributed by atoms with Crippen molar-refractivity contribution in [2.24, 2.45) is 11.8 Å². The maximum absolute atomic E-state index is 5.55. The molecule has 0 radical (unpaired) electrons. The van der Waals surface area contributed by atoms with Crippen LogP contribution < -0.4 is 16.2 Å². The molecule has 0 bridgehead atoms. The van der Waals surface area contributed by atoms with Crippen molar-refractivity contribution in [3.8, 4) is 0 Å². The first-order valence-corrected chi connectivity index (χ1v) is 6.81. The van der Waals surface area contributed by atoms with Gasteiger partial charge in [-0.3, -0.25) is 0 Å². The van der Waals surface area contributed by atoms with Crippen LogP contribution in [0.2, 0.25) is 0 Å². The summed E-state index contributed by atoms with van der Waals surface area (Å²) in [6, 6.07) is 0. The van der Waals surface area contributed by atoms with Crippen LogP contribution in [0.25, 0.3) is 0 Å². The molecule has 1 aromatic heterocycles. The minimum Gasteiger partial charge on any atom is -0.356 e. The van der Waals surface area contributed by atoms with E-state index >= 15 is 0 Å².